The molecule has 1 aromatic carbocycles. The predicted octanol–water partition coefficient (Wildman–Crippen LogP) is 1.64. The van der Waals surface area contributed by atoms with Crippen molar-refractivity contribution < 1.29 is 10.2 Å². The van der Waals surface area contributed by atoms with Crippen LogP contribution in [0, 0.1) is 0 Å². The smallest absolute Gasteiger partial charge is 0.120 e. The topological polar surface area (TPSA) is 52.5 Å². The summed E-state index contributed by atoms with van der Waals surface area (Å²) in [4.78, 5) is 0. The van der Waals surface area contributed by atoms with E-state index in [0.29, 0.717) is 25.3 Å². The van der Waals surface area contributed by atoms with Gasteiger partial charge >= 0.3 is 0 Å². The highest BCUT2D eigenvalue weighted by Crippen LogP contribution is 2.15. The minimum absolute atomic E-state index is 0.293. The van der Waals surface area contributed by atoms with Crippen molar-refractivity contribution in [3.8, 4) is 5.75 Å². The van der Waals surface area contributed by atoms with E-state index in [1.807, 2.05) is 19.1 Å². The van der Waals surface area contributed by atoms with Crippen LogP contribution in [0.15, 0.2) is 24.3 Å². The van der Waals surface area contributed by atoms with Crippen LogP contribution in [0.1, 0.15) is 25.8 Å². The van der Waals surface area contributed by atoms with Gasteiger partial charge in [0.05, 0.1) is 5.60 Å². The van der Waals surface area contributed by atoms with Crippen LogP contribution in [0.5, 0.6) is 5.75 Å². The molecule has 0 fully saturated rings. The molecule has 0 aliphatic heterocycles. The summed E-state index contributed by atoms with van der Waals surface area (Å²) in [7, 11) is 0. The van der Waals surface area contributed by atoms with Gasteiger partial charge in [0.1, 0.15) is 5.75 Å². The molecular formula is C12H19NO2. The number of benzene rings is 1. The molecule has 0 saturated carbocycles. The van der Waals surface area contributed by atoms with Gasteiger partial charge in [-0.25, -0.2) is 0 Å². The van der Waals surface area contributed by atoms with Gasteiger partial charge in [-0.15, -0.1) is 0 Å². The lowest BCUT2D eigenvalue weighted by atomic mass is 10.0. The Hall–Kier alpha value is -1.06. The molecule has 3 nitrogen and oxygen atoms in total. The van der Waals surface area contributed by atoms with Gasteiger partial charge in [0.15, 0.2) is 0 Å². The minimum Gasteiger partial charge on any atom is -0.508 e. The molecule has 3 N–H and O–H groups in total. The first-order valence-electron chi connectivity index (χ1n) is 5.25. The Balaban J connectivity index is 2.42. The first-order chi connectivity index (χ1) is 7.05. The van der Waals surface area contributed by atoms with Crippen LogP contribution in [0.25, 0.3) is 0 Å². The van der Waals surface area contributed by atoms with Crippen LogP contribution >= 0.6 is 0 Å². The van der Waals surface area contributed by atoms with Crippen molar-refractivity contribution in [2.45, 2.75) is 32.4 Å². The number of rotatable bonds is 5. The van der Waals surface area contributed by atoms with Crippen LogP contribution in [-0.2, 0) is 6.54 Å². The van der Waals surface area contributed by atoms with Crippen molar-refractivity contribution in [1.82, 2.24) is 5.32 Å². The molecule has 0 bridgehead atoms. The Morgan fingerprint density at radius 1 is 1.33 bits per heavy atom. The number of nitrogens with one attached hydrogen (secondary N) is 1. The maximum atomic E-state index is 9.75. The third-order valence-corrected chi connectivity index (χ3v) is 2.57. The molecule has 0 aliphatic rings. The van der Waals surface area contributed by atoms with Gasteiger partial charge in [0.2, 0.25) is 0 Å². The monoisotopic (exact) mass is 209 g/mol. The second-order valence-corrected chi connectivity index (χ2v) is 4.08. The summed E-state index contributed by atoms with van der Waals surface area (Å²) >= 11 is 0. The standard InChI is InChI=1S/C12H19NO2/c1-3-12(2,15)9-13-8-10-6-4-5-7-11(10)14/h4-7,13-15H,3,8-9H2,1-2H3. The lowest BCUT2D eigenvalue weighted by Gasteiger charge is -2.21. The molecule has 3 heteroatoms. The van der Waals surface area contributed by atoms with Crippen LogP contribution < -0.4 is 5.32 Å². The summed E-state index contributed by atoms with van der Waals surface area (Å²) in [5.74, 6) is 0.293. The number of aromatic hydroxyl groups is 1. The highest BCUT2D eigenvalue weighted by Gasteiger charge is 2.16. The van der Waals surface area contributed by atoms with E-state index in [2.05, 4.69) is 5.32 Å². The molecule has 0 spiro atoms. The lowest BCUT2D eigenvalue weighted by Crippen LogP contribution is -2.36. The fourth-order valence-corrected chi connectivity index (χ4v) is 1.25. The zero-order valence-corrected chi connectivity index (χ0v) is 9.33. The van der Waals surface area contributed by atoms with Crippen LogP contribution in [0.4, 0.5) is 0 Å². The van der Waals surface area contributed by atoms with Crippen molar-refractivity contribution >= 4 is 0 Å². The summed E-state index contributed by atoms with van der Waals surface area (Å²) in [6, 6.07) is 7.20. The van der Waals surface area contributed by atoms with Crippen LogP contribution in [-0.4, -0.2) is 22.4 Å². The lowest BCUT2D eigenvalue weighted by molar-refractivity contribution is 0.0555. The Bertz CT molecular complexity index is 310. The Kier molecular flexibility index (Phi) is 4.12. The number of phenols is 1. The van der Waals surface area contributed by atoms with Crippen molar-refractivity contribution in [2.24, 2.45) is 0 Å². The van der Waals surface area contributed by atoms with E-state index in [9.17, 15) is 10.2 Å². The van der Waals surface area contributed by atoms with Gasteiger partial charge in [-0.3, -0.25) is 0 Å². The minimum atomic E-state index is -0.676. The Morgan fingerprint density at radius 2 is 2.00 bits per heavy atom. The van der Waals surface area contributed by atoms with Gasteiger partial charge in [0, 0.05) is 18.7 Å². The third kappa shape index (κ3) is 3.90. The number of para-hydroxylation sites is 1. The summed E-state index contributed by atoms with van der Waals surface area (Å²) in [6.45, 7) is 4.84. The molecule has 1 unspecified atom stereocenters. The summed E-state index contributed by atoms with van der Waals surface area (Å²) in [5.41, 5.74) is 0.175. The number of phenolic OH excluding ortho intramolecular Hbond substituents is 1. The molecule has 1 atom stereocenters. The summed E-state index contributed by atoms with van der Waals surface area (Å²) < 4.78 is 0. The zero-order chi connectivity index (χ0) is 11.3. The number of hydrogen-bond acceptors (Lipinski definition) is 3. The van der Waals surface area contributed by atoms with Crippen molar-refractivity contribution in [2.75, 3.05) is 6.54 Å². The normalized spacial score (nSPS) is 14.9. The van der Waals surface area contributed by atoms with E-state index in [1.54, 1.807) is 19.1 Å². The van der Waals surface area contributed by atoms with Gasteiger partial charge in [0.25, 0.3) is 0 Å². The van der Waals surface area contributed by atoms with Gasteiger partial charge in [-0.2, -0.15) is 0 Å². The molecule has 1 rings (SSSR count). The van der Waals surface area contributed by atoms with Gasteiger partial charge in [-0.05, 0) is 19.4 Å². The zero-order valence-electron chi connectivity index (χ0n) is 9.33. The second-order valence-electron chi connectivity index (χ2n) is 4.08. The fraction of sp³-hybridized carbons (Fsp3) is 0.500. The first-order valence-corrected chi connectivity index (χ1v) is 5.25. The summed E-state index contributed by atoms with van der Waals surface area (Å²) in [6.07, 6.45) is 0.709. The molecule has 0 saturated heterocycles. The molecule has 84 valence electrons. The first kappa shape index (κ1) is 12.0. The Morgan fingerprint density at radius 3 is 2.60 bits per heavy atom. The molecule has 1 aromatic rings. The molecule has 0 radical (unpaired) electrons. The van der Waals surface area contributed by atoms with Gasteiger partial charge < -0.3 is 15.5 Å². The van der Waals surface area contributed by atoms with E-state index < -0.39 is 5.60 Å². The van der Waals surface area contributed by atoms with E-state index in [4.69, 9.17) is 0 Å². The highest BCUT2D eigenvalue weighted by molar-refractivity contribution is 5.31. The van der Waals surface area contributed by atoms with Crippen LogP contribution in [0.2, 0.25) is 0 Å². The SMILES string of the molecule is CCC(C)(O)CNCc1ccccc1O. The Labute approximate surface area is 90.8 Å². The van der Waals surface area contributed by atoms with Crippen LogP contribution in [0.3, 0.4) is 0 Å². The van der Waals surface area contributed by atoms with E-state index in [-0.39, 0.29) is 0 Å². The predicted molar refractivity (Wildman–Crippen MR) is 60.7 cm³/mol. The molecule has 0 amide bonds. The molecule has 0 aliphatic carbocycles. The third-order valence-electron chi connectivity index (χ3n) is 2.57. The quantitative estimate of drug-likeness (QED) is 0.691. The van der Waals surface area contributed by atoms with E-state index in [0.717, 1.165) is 5.56 Å². The molecule has 15 heavy (non-hydrogen) atoms. The summed E-state index contributed by atoms with van der Waals surface area (Å²) in [5, 5.41) is 22.4. The van der Waals surface area contributed by atoms with Crippen molar-refractivity contribution in [3.63, 3.8) is 0 Å². The number of aliphatic hydroxyl groups is 1. The number of hydrogen-bond donors (Lipinski definition) is 3. The molecule has 0 aromatic heterocycles. The highest BCUT2D eigenvalue weighted by atomic mass is 16.3. The maximum absolute atomic E-state index is 9.75. The average Bonchev–Trinajstić information content (AvgIpc) is 2.21. The fourth-order valence-electron chi connectivity index (χ4n) is 1.25. The van der Waals surface area contributed by atoms with Crippen molar-refractivity contribution in [1.29, 1.82) is 0 Å². The average molecular weight is 209 g/mol. The van der Waals surface area contributed by atoms with E-state index in [1.165, 1.54) is 0 Å². The second kappa shape index (κ2) is 5.14. The molecular weight excluding hydrogens is 190 g/mol. The largest absolute Gasteiger partial charge is 0.508 e. The molecule has 0 heterocycles. The van der Waals surface area contributed by atoms with E-state index >= 15 is 0 Å². The van der Waals surface area contributed by atoms with Crippen molar-refractivity contribution in [3.05, 3.63) is 29.8 Å². The van der Waals surface area contributed by atoms with Gasteiger partial charge in [-0.1, -0.05) is 25.1 Å². The maximum Gasteiger partial charge on any atom is 0.120 e.